The van der Waals surface area contributed by atoms with Crippen molar-refractivity contribution in [2.75, 3.05) is 13.2 Å². The summed E-state index contributed by atoms with van der Waals surface area (Å²) in [6.45, 7) is -0.149. The maximum absolute atomic E-state index is 12.0. The summed E-state index contributed by atoms with van der Waals surface area (Å²) >= 11 is 14.6. The van der Waals surface area contributed by atoms with Gasteiger partial charge in [-0.2, -0.15) is 0 Å². The van der Waals surface area contributed by atoms with Crippen LogP contribution in [-0.4, -0.2) is 57.0 Å². The summed E-state index contributed by atoms with van der Waals surface area (Å²) in [5.41, 5.74) is 0. The van der Waals surface area contributed by atoms with Crippen LogP contribution in [0, 0.1) is 0 Å². The summed E-state index contributed by atoms with van der Waals surface area (Å²) in [7, 11) is 0. The van der Waals surface area contributed by atoms with Gasteiger partial charge < -0.3 is 18.9 Å². The van der Waals surface area contributed by atoms with Crippen LogP contribution in [0.1, 0.15) is 64.2 Å². The van der Waals surface area contributed by atoms with E-state index in [0.29, 0.717) is 0 Å². The zero-order valence-electron chi connectivity index (χ0n) is 16.9. The van der Waals surface area contributed by atoms with Gasteiger partial charge in [0, 0.05) is 9.65 Å². The Balaban J connectivity index is 1.65. The highest BCUT2D eigenvalue weighted by atomic mass is 79.9. The summed E-state index contributed by atoms with van der Waals surface area (Å²) in [6.07, 6.45) is 8.26. The first kappa shape index (κ1) is 26.7. The smallest absolute Gasteiger partial charge is 0.431 e. The molecule has 0 amide bonds. The van der Waals surface area contributed by atoms with Crippen LogP contribution in [-0.2, 0) is 18.9 Å². The molecule has 0 aromatic heterocycles. The number of carbonyl (C=O) groups excluding carboxylic acids is 2. The van der Waals surface area contributed by atoms with Gasteiger partial charge in [-0.1, -0.05) is 89.4 Å². The first-order valence-electron chi connectivity index (χ1n) is 10.6. The molecule has 2 saturated carbocycles. The van der Waals surface area contributed by atoms with Crippen molar-refractivity contribution in [2.24, 2.45) is 0 Å². The van der Waals surface area contributed by atoms with E-state index in [2.05, 4.69) is 63.7 Å². The van der Waals surface area contributed by atoms with E-state index in [0.717, 1.165) is 64.2 Å². The largest absolute Gasteiger partial charge is 0.508 e. The van der Waals surface area contributed by atoms with Crippen molar-refractivity contribution >= 4 is 76.0 Å². The molecule has 10 heteroatoms. The minimum absolute atomic E-state index is 0.0378. The van der Waals surface area contributed by atoms with E-state index in [-0.39, 0.29) is 44.7 Å². The molecule has 0 saturated heterocycles. The van der Waals surface area contributed by atoms with E-state index >= 15 is 0 Å². The zero-order valence-corrected chi connectivity index (χ0v) is 23.3. The summed E-state index contributed by atoms with van der Waals surface area (Å²) < 4.78 is 21.1. The molecule has 174 valence electrons. The third-order valence-corrected chi connectivity index (χ3v) is 11.3. The van der Waals surface area contributed by atoms with Crippen LogP contribution in [0.5, 0.6) is 0 Å². The van der Waals surface area contributed by atoms with Crippen molar-refractivity contribution in [3.05, 3.63) is 0 Å². The number of ether oxygens (including phenoxy) is 4. The minimum atomic E-state index is -0.746. The van der Waals surface area contributed by atoms with Gasteiger partial charge in [0.2, 0.25) is 0 Å². The van der Waals surface area contributed by atoms with Gasteiger partial charge in [-0.3, -0.25) is 0 Å². The third kappa shape index (κ3) is 9.53. The number of hydrogen-bond donors (Lipinski definition) is 0. The highest BCUT2D eigenvalue weighted by Gasteiger charge is 2.31. The number of rotatable bonds is 5. The number of alkyl halides is 4. The lowest BCUT2D eigenvalue weighted by Gasteiger charge is -2.28. The van der Waals surface area contributed by atoms with Crippen molar-refractivity contribution in [1.82, 2.24) is 0 Å². The van der Waals surface area contributed by atoms with Gasteiger partial charge in [-0.25, -0.2) is 9.59 Å². The fraction of sp³-hybridized carbons (Fsp3) is 0.900. The third-order valence-electron chi connectivity index (χ3n) is 5.36. The molecule has 0 heterocycles. The topological polar surface area (TPSA) is 71.1 Å². The Hall–Kier alpha value is 0.460. The molecular weight excluding hydrogens is 656 g/mol. The van der Waals surface area contributed by atoms with E-state index in [1.165, 1.54) is 0 Å². The van der Waals surface area contributed by atoms with Crippen LogP contribution >= 0.6 is 63.7 Å². The highest BCUT2D eigenvalue weighted by Crippen LogP contribution is 2.31. The molecule has 6 unspecified atom stereocenters. The Morgan fingerprint density at radius 2 is 0.967 bits per heavy atom. The molecule has 2 aliphatic carbocycles. The van der Waals surface area contributed by atoms with E-state index < -0.39 is 12.3 Å². The molecule has 2 fully saturated rings. The van der Waals surface area contributed by atoms with Crippen molar-refractivity contribution in [2.45, 2.75) is 95.7 Å². The average molecular weight is 686 g/mol. The molecule has 30 heavy (non-hydrogen) atoms. The van der Waals surface area contributed by atoms with Crippen LogP contribution < -0.4 is 0 Å². The van der Waals surface area contributed by atoms with Crippen molar-refractivity contribution < 1.29 is 28.5 Å². The van der Waals surface area contributed by atoms with Crippen LogP contribution in [0.4, 0.5) is 9.59 Å². The second-order valence-electron chi connectivity index (χ2n) is 7.71. The second-order valence-corrected chi connectivity index (χ2v) is 12.2. The Labute approximate surface area is 212 Å². The van der Waals surface area contributed by atoms with Gasteiger partial charge in [0.25, 0.3) is 0 Å². The van der Waals surface area contributed by atoms with Gasteiger partial charge in [-0.05, 0) is 38.5 Å². The molecule has 6 atom stereocenters. The highest BCUT2D eigenvalue weighted by molar-refractivity contribution is 9.12. The summed E-state index contributed by atoms with van der Waals surface area (Å²) in [5.74, 6) is 0. The monoisotopic (exact) mass is 682 g/mol. The molecule has 0 spiro atoms. The van der Waals surface area contributed by atoms with Gasteiger partial charge >= 0.3 is 12.3 Å². The predicted molar refractivity (Wildman–Crippen MR) is 129 cm³/mol. The van der Waals surface area contributed by atoms with Crippen LogP contribution in [0.2, 0.25) is 0 Å². The molecule has 0 N–H and O–H groups in total. The lowest BCUT2D eigenvalue weighted by Crippen LogP contribution is -2.35. The fourth-order valence-electron chi connectivity index (χ4n) is 3.64. The van der Waals surface area contributed by atoms with Crippen molar-refractivity contribution in [1.29, 1.82) is 0 Å². The lowest BCUT2D eigenvalue weighted by molar-refractivity contribution is -0.0104. The Kier molecular flexibility index (Phi) is 13.0. The average Bonchev–Trinajstić information content (AvgIpc) is 2.71. The van der Waals surface area contributed by atoms with Gasteiger partial charge in [0.05, 0.1) is 9.65 Å². The maximum atomic E-state index is 12.0. The SMILES string of the molecule is O=C(OCCOC(=O)OC1CCCCCC(Br)C1Br)OC1CCCCCC(Br)C1Br. The first-order valence-corrected chi connectivity index (χ1v) is 14.3. The van der Waals surface area contributed by atoms with Crippen LogP contribution in [0.3, 0.4) is 0 Å². The fourth-order valence-corrected chi connectivity index (χ4v) is 6.24. The second kappa shape index (κ2) is 14.6. The molecule has 0 aromatic carbocycles. The zero-order chi connectivity index (χ0) is 21.9. The van der Waals surface area contributed by atoms with Crippen molar-refractivity contribution in [3.63, 3.8) is 0 Å². The Bertz CT molecular complexity index is 491. The van der Waals surface area contributed by atoms with E-state index in [1.54, 1.807) is 0 Å². The lowest BCUT2D eigenvalue weighted by atomic mass is 9.98. The van der Waals surface area contributed by atoms with Gasteiger partial charge in [0.15, 0.2) is 0 Å². The minimum Gasteiger partial charge on any atom is -0.431 e. The molecule has 0 radical (unpaired) electrons. The molecule has 2 rings (SSSR count). The molecule has 0 aliphatic heterocycles. The normalized spacial score (nSPS) is 33.2. The Morgan fingerprint density at radius 1 is 0.600 bits per heavy atom. The molecule has 6 nitrogen and oxygen atoms in total. The summed E-state index contributed by atoms with van der Waals surface area (Å²) in [5, 5.41) is 0. The van der Waals surface area contributed by atoms with Crippen molar-refractivity contribution in [3.8, 4) is 0 Å². The van der Waals surface area contributed by atoms with E-state index in [4.69, 9.17) is 18.9 Å². The molecular formula is C20H30Br4O6. The number of hydrogen-bond acceptors (Lipinski definition) is 6. The van der Waals surface area contributed by atoms with Gasteiger partial charge in [-0.15, -0.1) is 0 Å². The quantitative estimate of drug-likeness (QED) is 0.176. The number of carbonyl (C=O) groups is 2. The number of halogens is 4. The summed E-state index contributed by atoms with van der Waals surface area (Å²) in [6, 6.07) is 0. The van der Waals surface area contributed by atoms with Crippen LogP contribution in [0.15, 0.2) is 0 Å². The molecule has 0 aromatic rings. The predicted octanol–water partition coefficient (Wildman–Crippen LogP) is 7.01. The maximum Gasteiger partial charge on any atom is 0.508 e. The summed E-state index contributed by atoms with van der Waals surface area (Å²) in [4.78, 5) is 24.6. The van der Waals surface area contributed by atoms with E-state index in [9.17, 15) is 9.59 Å². The van der Waals surface area contributed by atoms with E-state index in [1.807, 2.05) is 0 Å². The van der Waals surface area contributed by atoms with Crippen LogP contribution in [0.25, 0.3) is 0 Å². The first-order chi connectivity index (χ1) is 14.4. The molecule has 2 aliphatic rings. The molecule has 0 bridgehead atoms. The van der Waals surface area contributed by atoms with Gasteiger partial charge in [0.1, 0.15) is 25.4 Å². The Morgan fingerprint density at radius 3 is 1.37 bits per heavy atom. The standard InChI is InChI=1S/C20H30Br4O6/c21-13-7-3-1-5-9-15(17(13)23)29-19(25)27-11-12-28-20(26)30-16-10-6-2-4-8-14(22)18(16)24/h13-18H,1-12H2.